The van der Waals surface area contributed by atoms with Gasteiger partial charge in [-0.15, -0.1) is 0 Å². The summed E-state index contributed by atoms with van der Waals surface area (Å²) in [5, 5.41) is 6.46. The molecule has 0 spiro atoms. The Morgan fingerprint density at radius 3 is 2.96 bits per heavy atom. The van der Waals surface area contributed by atoms with Crippen molar-refractivity contribution in [2.24, 2.45) is 0 Å². The van der Waals surface area contributed by atoms with Gasteiger partial charge in [-0.05, 0) is 24.6 Å². The highest BCUT2D eigenvalue weighted by atomic mass is 19.1. The number of nitrogens with zero attached hydrogens (tertiary/aromatic N) is 2. The van der Waals surface area contributed by atoms with Gasteiger partial charge in [0.15, 0.2) is 0 Å². The van der Waals surface area contributed by atoms with Gasteiger partial charge in [0.1, 0.15) is 17.3 Å². The van der Waals surface area contributed by atoms with Crippen molar-refractivity contribution < 1.29 is 18.5 Å². The number of hydrogen-bond donors (Lipinski definition) is 1. The molecule has 1 N–H and O–H groups in total. The molecule has 7 heteroatoms. The summed E-state index contributed by atoms with van der Waals surface area (Å²) in [5.74, 6) is -0.930. The third-order valence-corrected chi connectivity index (χ3v) is 3.80. The van der Waals surface area contributed by atoms with E-state index in [1.165, 1.54) is 17.0 Å². The van der Waals surface area contributed by atoms with Crippen molar-refractivity contribution in [2.45, 2.75) is 25.8 Å². The van der Waals surface area contributed by atoms with E-state index in [1.54, 1.807) is 26.1 Å². The van der Waals surface area contributed by atoms with Gasteiger partial charge in [-0.1, -0.05) is 11.2 Å². The Kier molecular flexibility index (Phi) is 3.85. The summed E-state index contributed by atoms with van der Waals surface area (Å²) >= 11 is 0. The Morgan fingerprint density at radius 1 is 1.48 bits per heavy atom. The molecule has 0 radical (unpaired) electrons. The summed E-state index contributed by atoms with van der Waals surface area (Å²) in [6.07, 6.45) is 0.0413. The van der Waals surface area contributed by atoms with Crippen molar-refractivity contribution in [1.82, 2.24) is 10.1 Å². The number of halogens is 1. The summed E-state index contributed by atoms with van der Waals surface area (Å²) < 4.78 is 18.3. The van der Waals surface area contributed by atoms with Crippen LogP contribution >= 0.6 is 0 Å². The number of amides is 2. The minimum Gasteiger partial charge on any atom is -0.361 e. The van der Waals surface area contributed by atoms with Crippen molar-refractivity contribution in [1.29, 1.82) is 0 Å². The molecule has 6 nitrogen and oxygen atoms in total. The van der Waals surface area contributed by atoms with E-state index in [0.717, 1.165) is 0 Å². The van der Waals surface area contributed by atoms with Gasteiger partial charge in [0, 0.05) is 25.2 Å². The van der Waals surface area contributed by atoms with Gasteiger partial charge in [-0.25, -0.2) is 4.39 Å². The molecule has 1 aliphatic heterocycles. The highest BCUT2D eigenvalue weighted by Crippen LogP contribution is 2.34. The highest BCUT2D eigenvalue weighted by Gasteiger charge is 2.32. The SMILES string of the molecule is Cc1cc(CN(C)C(=O)[C@@H]2CC(=O)Nc3cc(F)ccc32)no1. The Balaban J connectivity index is 1.83. The fourth-order valence-corrected chi connectivity index (χ4v) is 2.74. The van der Waals surface area contributed by atoms with Gasteiger partial charge < -0.3 is 14.7 Å². The number of aryl methyl sites for hydroxylation is 1. The zero-order valence-electron chi connectivity index (χ0n) is 12.8. The van der Waals surface area contributed by atoms with E-state index in [-0.39, 0.29) is 24.8 Å². The number of aromatic nitrogens is 1. The summed E-state index contributed by atoms with van der Waals surface area (Å²) in [6.45, 7) is 2.05. The topological polar surface area (TPSA) is 75.4 Å². The lowest BCUT2D eigenvalue weighted by atomic mass is 9.89. The predicted octanol–water partition coefficient (Wildman–Crippen LogP) is 2.21. The molecule has 1 aliphatic rings. The van der Waals surface area contributed by atoms with Crippen LogP contribution in [0.4, 0.5) is 10.1 Å². The Bertz CT molecular complexity index is 772. The first-order chi connectivity index (χ1) is 10.9. The summed E-state index contributed by atoms with van der Waals surface area (Å²) in [7, 11) is 1.64. The van der Waals surface area contributed by atoms with E-state index >= 15 is 0 Å². The molecule has 0 saturated carbocycles. The molecular formula is C16H16FN3O3. The molecule has 0 bridgehead atoms. The van der Waals surface area contributed by atoms with Crippen LogP contribution in [-0.2, 0) is 16.1 Å². The second-order valence-corrected chi connectivity index (χ2v) is 5.66. The Labute approximate surface area is 132 Å². The number of nitrogens with one attached hydrogen (secondary N) is 1. The Morgan fingerprint density at radius 2 is 2.26 bits per heavy atom. The molecule has 0 saturated heterocycles. The van der Waals surface area contributed by atoms with Crippen LogP contribution in [-0.4, -0.2) is 28.9 Å². The first kappa shape index (κ1) is 15.2. The maximum atomic E-state index is 13.3. The number of anilines is 1. The average molecular weight is 317 g/mol. The average Bonchev–Trinajstić information content (AvgIpc) is 2.90. The maximum absolute atomic E-state index is 13.3. The zero-order valence-corrected chi connectivity index (χ0v) is 12.8. The first-order valence-electron chi connectivity index (χ1n) is 7.20. The number of carbonyl (C=O) groups excluding carboxylic acids is 2. The van der Waals surface area contributed by atoms with Crippen LogP contribution < -0.4 is 5.32 Å². The molecule has 1 aromatic carbocycles. The molecule has 2 amide bonds. The minimum absolute atomic E-state index is 0.0413. The van der Waals surface area contributed by atoms with E-state index in [0.29, 0.717) is 22.7 Å². The molecular weight excluding hydrogens is 301 g/mol. The highest BCUT2D eigenvalue weighted by molar-refractivity contribution is 6.01. The van der Waals surface area contributed by atoms with E-state index in [4.69, 9.17) is 4.52 Å². The molecule has 0 unspecified atom stereocenters. The van der Waals surface area contributed by atoms with Crippen molar-refractivity contribution in [2.75, 3.05) is 12.4 Å². The minimum atomic E-state index is -0.627. The third kappa shape index (κ3) is 3.08. The number of rotatable bonds is 3. The van der Waals surface area contributed by atoms with Crippen LogP contribution in [0.5, 0.6) is 0 Å². The van der Waals surface area contributed by atoms with Gasteiger partial charge >= 0.3 is 0 Å². The second kappa shape index (κ2) is 5.83. The van der Waals surface area contributed by atoms with Crippen molar-refractivity contribution in [3.8, 4) is 0 Å². The molecule has 3 rings (SSSR count). The van der Waals surface area contributed by atoms with Gasteiger partial charge in [0.05, 0.1) is 12.5 Å². The molecule has 1 aromatic heterocycles. The molecule has 23 heavy (non-hydrogen) atoms. The summed E-state index contributed by atoms with van der Waals surface area (Å²) in [5.41, 5.74) is 1.61. The number of benzene rings is 1. The number of fused-ring (bicyclic) bond motifs is 1. The number of likely N-dealkylation sites (N-methyl/N-ethyl adjacent to an activating group) is 1. The molecule has 120 valence electrons. The smallest absolute Gasteiger partial charge is 0.230 e. The van der Waals surface area contributed by atoms with Crippen molar-refractivity contribution in [3.63, 3.8) is 0 Å². The fourth-order valence-electron chi connectivity index (χ4n) is 2.74. The van der Waals surface area contributed by atoms with Gasteiger partial charge in [-0.3, -0.25) is 9.59 Å². The maximum Gasteiger partial charge on any atom is 0.230 e. The second-order valence-electron chi connectivity index (χ2n) is 5.66. The normalized spacial score (nSPS) is 16.7. The van der Waals surface area contributed by atoms with E-state index in [2.05, 4.69) is 10.5 Å². The molecule has 2 aromatic rings. The first-order valence-corrected chi connectivity index (χ1v) is 7.20. The van der Waals surface area contributed by atoms with E-state index in [1.807, 2.05) is 0 Å². The molecule has 0 aliphatic carbocycles. The van der Waals surface area contributed by atoms with Crippen LogP contribution in [0.15, 0.2) is 28.8 Å². The van der Waals surface area contributed by atoms with Crippen molar-refractivity contribution >= 4 is 17.5 Å². The lowest BCUT2D eigenvalue weighted by molar-refractivity contribution is -0.134. The quantitative estimate of drug-likeness (QED) is 0.941. The van der Waals surface area contributed by atoms with Crippen molar-refractivity contribution in [3.05, 3.63) is 47.1 Å². The van der Waals surface area contributed by atoms with Crippen LogP contribution in [0.1, 0.15) is 29.4 Å². The third-order valence-electron chi connectivity index (χ3n) is 3.80. The number of hydrogen-bond acceptors (Lipinski definition) is 4. The zero-order chi connectivity index (χ0) is 16.6. The lowest BCUT2D eigenvalue weighted by Gasteiger charge is -2.28. The van der Waals surface area contributed by atoms with Crippen LogP contribution in [0, 0.1) is 12.7 Å². The van der Waals surface area contributed by atoms with Crippen LogP contribution in [0.25, 0.3) is 0 Å². The Hall–Kier alpha value is -2.70. The largest absolute Gasteiger partial charge is 0.361 e. The van der Waals surface area contributed by atoms with E-state index in [9.17, 15) is 14.0 Å². The standard InChI is InChI=1S/C16H16FN3O3/c1-9-5-11(19-23-9)8-20(2)16(22)13-7-15(21)18-14-6-10(17)3-4-12(13)14/h3-6,13H,7-8H2,1-2H3,(H,18,21)/t13-/m1/s1. The van der Waals surface area contributed by atoms with E-state index < -0.39 is 11.7 Å². The molecule has 2 heterocycles. The van der Waals surface area contributed by atoms with Gasteiger partial charge in [-0.2, -0.15) is 0 Å². The predicted molar refractivity (Wildman–Crippen MR) is 80.1 cm³/mol. The monoisotopic (exact) mass is 317 g/mol. The lowest BCUT2D eigenvalue weighted by Crippen LogP contribution is -2.36. The van der Waals surface area contributed by atoms with Gasteiger partial charge in [0.2, 0.25) is 11.8 Å². The van der Waals surface area contributed by atoms with Gasteiger partial charge in [0.25, 0.3) is 0 Å². The molecule has 0 fully saturated rings. The summed E-state index contributed by atoms with van der Waals surface area (Å²) in [6, 6.07) is 5.81. The number of carbonyl (C=O) groups is 2. The molecule has 1 atom stereocenters. The van der Waals surface area contributed by atoms with Crippen LogP contribution in [0.2, 0.25) is 0 Å². The summed E-state index contributed by atoms with van der Waals surface area (Å²) in [4.78, 5) is 26.0. The van der Waals surface area contributed by atoms with Crippen LogP contribution in [0.3, 0.4) is 0 Å². The fraction of sp³-hybridized carbons (Fsp3) is 0.312.